The third-order valence-corrected chi connectivity index (χ3v) is 6.59. The van der Waals surface area contributed by atoms with Gasteiger partial charge in [-0.05, 0) is 18.2 Å². The molecule has 1 aromatic carbocycles. The van der Waals surface area contributed by atoms with E-state index in [9.17, 15) is 17.6 Å². The molecule has 0 radical (unpaired) electrons. The van der Waals surface area contributed by atoms with Gasteiger partial charge < -0.3 is 20.5 Å². The van der Waals surface area contributed by atoms with Gasteiger partial charge in [-0.2, -0.15) is 0 Å². The zero-order valence-electron chi connectivity index (χ0n) is 14.0. The van der Waals surface area contributed by atoms with E-state index in [1.807, 2.05) is 0 Å². The first-order valence-corrected chi connectivity index (χ1v) is 10.4. The molecule has 2 atom stereocenters. The van der Waals surface area contributed by atoms with Crippen molar-refractivity contribution >= 4 is 26.9 Å². The van der Waals surface area contributed by atoms with Gasteiger partial charge in [-0.1, -0.05) is 0 Å². The summed E-state index contributed by atoms with van der Waals surface area (Å²) in [5.41, 5.74) is 1.29. The van der Waals surface area contributed by atoms with Crippen LogP contribution in [-0.2, 0) is 16.3 Å². The van der Waals surface area contributed by atoms with Crippen LogP contribution in [0, 0.1) is 5.82 Å². The minimum Gasteiger partial charge on any atom is -0.342 e. The quantitative estimate of drug-likeness (QED) is 0.695. The predicted octanol–water partition coefficient (Wildman–Crippen LogP) is 0.0249. The summed E-state index contributed by atoms with van der Waals surface area (Å²) in [7, 11) is -3.11. The van der Waals surface area contributed by atoms with Crippen molar-refractivity contribution in [1.29, 1.82) is 0 Å². The number of nitrogens with one attached hydrogen (secondary N) is 3. The van der Waals surface area contributed by atoms with Crippen LogP contribution >= 0.6 is 0 Å². The number of carbonyl (C=O) groups excluding carboxylic acids is 1. The first-order valence-electron chi connectivity index (χ1n) is 8.54. The van der Waals surface area contributed by atoms with Crippen molar-refractivity contribution in [2.45, 2.75) is 18.5 Å². The fourth-order valence-corrected chi connectivity index (χ4v) is 5.62. The zero-order valence-corrected chi connectivity index (χ0v) is 14.9. The molecule has 2 aliphatic rings. The van der Waals surface area contributed by atoms with Crippen LogP contribution in [0.15, 0.2) is 18.2 Å². The number of imidazole rings is 1. The number of carbonyl (C=O) groups is 1. The molecule has 3 N–H and O–H groups in total. The third-order valence-electron chi connectivity index (χ3n) is 4.87. The van der Waals surface area contributed by atoms with Crippen molar-refractivity contribution in [3.05, 3.63) is 29.8 Å². The highest BCUT2D eigenvalue weighted by Crippen LogP contribution is 2.21. The van der Waals surface area contributed by atoms with Crippen molar-refractivity contribution in [3.8, 4) is 0 Å². The zero-order chi connectivity index (χ0) is 18.3. The van der Waals surface area contributed by atoms with Crippen molar-refractivity contribution in [3.63, 3.8) is 0 Å². The number of fused-ring (bicyclic) bond motifs is 2. The molecule has 2 aliphatic heterocycles. The molecule has 10 heteroatoms. The Morgan fingerprint density at radius 2 is 2.23 bits per heavy atom. The fourth-order valence-electron chi connectivity index (χ4n) is 3.66. The molecule has 4 rings (SSSR count). The van der Waals surface area contributed by atoms with Crippen LogP contribution in [-0.4, -0.2) is 72.5 Å². The molecule has 2 amide bonds. The number of aromatic amines is 1. The Morgan fingerprint density at radius 1 is 1.38 bits per heavy atom. The molecule has 0 saturated carbocycles. The number of nitrogens with zero attached hydrogens (tertiary/aromatic N) is 2. The Kier molecular flexibility index (Phi) is 4.31. The van der Waals surface area contributed by atoms with Gasteiger partial charge >= 0.3 is 6.03 Å². The van der Waals surface area contributed by atoms with Gasteiger partial charge in [0.05, 0.1) is 28.6 Å². The molecule has 0 spiro atoms. The number of benzene rings is 1. The van der Waals surface area contributed by atoms with E-state index in [4.69, 9.17) is 0 Å². The molecular formula is C16H20FN5O3S. The highest BCUT2D eigenvalue weighted by Gasteiger charge is 2.44. The SMILES string of the molecule is O=C(NCCc1nc2ccc(F)cc2[nH]1)N1CCN[C@H]2CS(=O)(=O)C[C@H]21. The molecule has 3 heterocycles. The number of hydrogen-bond donors (Lipinski definition) is 3. The lowest BCUT2D eigenvalue weighted by molar-refractivity contribution is 0.151. The summed E-state index contributed by atoms with van der Waals surface area (Å²) in [5.74, 6) is 0.415. The standard InChI is InChI=1S/C16H20FN5O3S/c17-10-1-2-11-12(7-10)21-15(20-11)3-4-19-16(23)22-6-5-18-13-8-26(24,25)9-14(13)22/h1-2,7,13-14,18H,3-6,8-9H2,(H,19,23)(H,20,21)/t13-,14+/m0/s1. The van der Waals surface area contributed by atoms with Gasteiger partial charge in [-0.3, -0.25) is 0 Å². The normalized spacial score (nSPS) is 24.6. The van der Waals surface area contributed by atoms with Crippen LogP contribution in [0.3, 0.4) is 0 Å². The first kappa shape index (κ1) is 17.2. The topological polar surface area (TPSA) is 107 Å². The van der Waals surface area contributed by atoms with Gasteiger partial charge in [0.15, 0.2) is 9.84 Å². The lowest BCUT2D eigenvalue weighted by Gasteiger charge is -2.37. The average Bonchev–Trinajstić information content (AvgIpc) is 3.11. The van der Waals surface area contributed by atoms with Crippen LogP contribution in [0.25, 0.3) is 11.0 Å². The molecule has 0 bridgehead atoms. The van der Waals surface area contributed by atoms with Crippen LogP contribution < -0.4 is 10.6 Å². The van der Waals surface area contributed by atoms with Gasteiger partial charge in [0.1, 0.15) is 11.6 Å². The van der Waals surface area contributed by atoms with Crippen molar-refractivity contribution in [2.24, 2.45) is 0 Å². The number of aromatic nitrogens is 2. The van der Waals surface area contributed by atoms with E-state index in [-0.39, 0.29) is 35.4 Å². The molecule has 2 saturated heterocycles. The van der Waals surface area contributed by atoms with Crippen molar-refractivity contribution in [1.82, 2.24) is 25.5 Å². The molecule has 26 heavy (non-hydrogen) atoms. The summed E-state index contributed by atoms with van der Waals surface area (Å²) >= 11 is 0. The van der Waals surface area contributed by atoms with Gasteiger partial charge in [-0.25, -0.2) is 22.6 Å². The van der Waals surface area contributed by atoms with Gasteiger partial charge in [0.25, 0.3) is 0 Å². The number of halogens is 1. The summed E-state index contributed by atoms with van der Waals surface area (Å²) in [5, 5.41) is 6.00. The average molecular weight is 381 g/mol. The molecular weight excluding hydrogens is 361 g/mol. The number of urea groups is 1. The van der Waals surface area contributed by atoms with E-state index in [2.05, 4.69) is 20.6 Å². The minimum atomic E-state index is -3.11. The second-order valence-electron chi connectivity index (χ2n) is 6.73. The van der Waals surface area contributed by atoms with E-state index < -0.39 is 9.84 Å². The lowest BCUT2D eigenvalue weighted by Crippen LogP contribution is -2.61. The smallest absolute Gasteiger partial charge is 0.317 e. The summed E-state index contributed by atoms with van der Waals surface area (Å²) in [4.78, 5) is 21.5. The Balaban J connectivity index is 1.36. The number of piperazine rings is 1. The predicted molar refractivity (Wildman–Crippen MR) is 94.1 cm³/mol. The van der Waals surface area contributed by atoms with Gasteiger partial charge in [0, 0.05) is 32.1 Å². The van der Waals surface area contributed by atoms with Crippen molar-refractivity contribution < 1.29 is 17.6 Å². The summed E-state index contributed by atoms with van der Waals surface area (Å²) in [6.07, 6.45) is 0.473. The molecule has 2 aromatic rings. The molecule has 0 unspecified atom stereocenters. The molecule has 0 aliphatic carbocycles. The molecule has 8 nitrogen and oxygen atoms in total. The maximum Gasteiger partial charge on any atom is 0.317 e. The number of amides is 2. The lowest BCUT2D eigenvalue weighted by atomic mass is 10.1. The number of hydrogen-bond acceptors (Lipinski definition) is 5. The second kappa shape index (κ2) is 6.51. The summed E-state index contributed by atoms with van der Waals surface area (Å²) in [6.45, 7) is 1.42. The Bertz CT molecular complexity index is 945. The van der Waals surface area contributed by atoms with E-state index >= 15 is 0 Å². The van der Waals surface area contributed by atoms with Crippen LogP contribution in [0.5, 0.6) is 0 Å². The van der Waals surface area contributed by atoms with Crippen LogP contribution in [0.4, 0.5) is 9.18 Å². The Morgan fingerprint density at radius 3 is 3.08 bits per heavy atom. The second-order valence-corrected chi connectivity index (χ2v) is 8.88. The monoisotopic (exact) mass is 381 g/mol. The fraction of sp³-hybridized carbons (Fsp3) is 0.500. The summed E-state index contributed by atoms with van der Waals surface area (Å²) in [6, 6.07) is 3.57. The Labute approximate surface area is 150 Å². The highest BCUT2D eigenvalue weighted by molar-refractivity contribution is 7.91. The van der Waals surface area contributed by atoms with E-state index in [0.29, 0.717) is 42.9 Å². The number of rotatable bonds is 3. The molecule has 1 aromatic heterocycles. The van der Waals surface area contributed by atoms with Gasteiger partial charge in [0.2, 0.25) is 0 Å². The molecule has 2 fully saturated rings. The molecule has 140 valence electrons. The third kappa shape index (κ3) is 3.38. The van der Waals surface area contributed by atoms with E-state index in [0.717, 1.165) is 0 Å². The van der Waals surface area contributed by atoms with Crippen LogP contribution in [0.2, 0.25) is 0 Å². The van der Waals surface area contributed by atoms with E-state index in [1.165, 1.54) is 12.1 Å². The van der Waals surface area contributed by atoms with E-state index in [1.54, 1.807) is 11.0 Å². The first-order chi connectivity index (χ1) is 12.4. The largest absolute Gasteiger partial charge is 0.342 e. The van der Waals surface area contributed by atoms with Gasteiger partial charge in [-0.15, -0.1) is 0 Å². The number of sulfone groups is 1. The maximum atomic E-state index is 13.2. The summed E-state index contributed by atoms with van der Waals surface area (Å²) < 4.78 is 36.9. The highest BCUT2D eigenvalue weighted by atomic mass is 32.2. The number of H-pyrrole nitrogens is 1. The Hall–Kier alpha value is -2.20. The maximum absolute atomic E-state index is 13.2. The van der Waals surface area contributed by atoms with Crippen molar-refractivity contribution in [2.75, 3.05) is 31.1 Å². The van der Waals surface area contributed by atoms with Crippen LogP contribution in [0.1, 0.15) is 5.82 Å². The minimum absolute atomic E-state index is 0.00717.